The summed E-state index contributed by atoms with van der Waals surface area (Å²) >= 11 is 0. The third-order valence-corrected chi connectivity index (χ3v) is 3.68. The molecule has 6 nitrogen and oxygen atoms in total. The maximum atomic E-state index is 10.9. The molecule has 0 radical (unpaired) electrons. The van der Waals surface area contributed by atoms with Crippen LogP contribution < -0.4 is 0 Å². The molecule has 0 saturated carbocycles. The number of rotatable bonds is 5. The Bertz CT molecular complexity index is 831. The highest BCUT2D eigenvalue weighted by atomic mass is 16.4. The Kier molecular flexibility index (Phi) is 3.97. The van der Waals surface area contributed by atoms with E-state index in [-0.39, 0.29) is 5.56 Å². The van der Waals surface area contributed by atoms with E-state index < -0.39 is 5.97 Å². The monoisotopic (exact) mass is 310 g/mol. The van der Waals surface area contributed by atoms with Crippen molar-refractivity contribution in [3.8, 4) is 0 Å². The minimum atomic E-state index is -0.962. The van der Waals surface area contributed by atoms with Gasteiger partial charge in [0.25, 0.3) is 0 Å². The summed E-state index contributed by atoms with van der Waals surface area (Å²) in [4.78, 5) is 10.9. The Morgan fingerprint density at radius 3 is 2.30 bits per heavy atom. The van der Waals surface area contributed by atoms with Crippen molar-refractivity contribution < 1.29 is 9.90 Å². The average Bonchev–Trinajstić information content (AvgIpc) is 3.08. The van der Waals surface area contributed by atoms with Crippen molar-refractivity contribution in [3.63, 3.8) is 0 Å². The number of aromatic nitrogens is 4. The summed E-state index contributed by atoms with van der Waals surface area (Å²) in [7, 11) is 0. The molecule has 0 unspecified atom stereocenters. The maximum absolute atomic E-state index is 10.9. The summed E-state index contributed by atoms with van der Waals surface area (Å²) < 4.78 is 3.61. The molecule has 118 valence electrons. The molecule has 6 heteroatoms. The molecule has 3 aromatic rings. The molecule has 0 aliphatic carbocycles. The van der Waals surface area contributed by atoms with Crippen LogP contribution in [0.5, 0.6) is 0 Å². The minimum Gasteiger partial charge on any atom is -0.478 e. The lowest BCUT2D eigenvalue weighted by Crippen LogP contribution is -2.05. The third kappa shape index (κ3) is 3.48. The van der Waals surface area contributed by atoms with Crippen LogP contribution in [-0.4, -0.2) is 30.6 Å². The van der Waals surface area contributed by atoms with E-state index in [2.05, 4.69) is 28.4 Å². The summed E-state index contributed by atoms with van der Waals surface area (Å²) in [6.07, 6.45) is 2.89. The first-order valence-corrected chi connectivity index (χ1v) is 7.36. The molecule has 1 aromatic carbocycles. The topological polar surface area (TPSA) is 72.9 Å². The maximum Gasteiger partial charge on any atom is 0.338 e. The van der Waals surface area contributed by atoms with Crippen LogP contribution in [0.1, 0.15) is 32.9 Å². The van der Waals surface area contributed by atoms with Gasteiger partial charge in [0.15, 0.2) is 0 Å². The van der Waals surface area contributed by atoms with Crippen LogP contribution in [0.4, 0.5) is 0 Å². The Labute approximate surface area is 134 Å². The molecular weight excluding hydrogens is 292 g/mol. The molecular formula is C17H18N4O2. The molecule has 23 heavy (non-hydrogen) atoms. The van der Waals surface area contributed by atoms with E-state index in [1.807, 2.05) is 30.7 Å². The second kappa shape index (κ2) is 6.08. The van der Waals surface area contributed by atoms with Crippen LogP contribution in [0.25, 0.3) is 0 Å². The van der Waals surface area contributed by atoms with Gasteiger partial charge in [-0.05, 0) is 31.0 Å². The van der Waals surface area contributed by atoms with E-state index in [4.69, 9.17) is 5.11 Å². The van der Waals surface area contributed by atoms with Crippen molar-refractivity contribution in [3.05, 3.63) is 70.8 Å². The van der Waals surface area contributed by atoms with Crippen molar-refractivity contribution in [1.29, 1.82) is 0 Å². The van der Waals surface area contributed by atoms with Crippen molar-refractivity contribution in [2.45, 2.75) is 26.9 Å². The fourth-order valence-corrected chi connectivity index (χ4v) is 2.51. The van der Waals surface area contributed by atoms with Crippen molar-refractivity contribution >= 4 is 5.97 Å². The van der Waals surface area contributed by atoms with E-state index in [0.717, 1.165) is 23.5 Å². The van der Waals surface area contributed by atoms with Gasteiger partial charge in [-0.1, -0.05) is 24.3 Å². The summed E-state index contributed by atoms with van der Waals surface area (Å²) in [5.74, 6) is -0.962. The highest BCUT2D eigenvalue weighted by Gasteiger charge is 2.06. The van der Waals surface area contributed by atoms with Crippen LogP contribution in [0.3, 0.4) is 0 Å². The lowest BCUT2D eigenvalue weighted by Gasteiger charge is -2.06. The molecule has 2 heterocycles. The van der Waals surface area contributed by atoms with Gasteiger partial charge in [0.2, 0.25) is 0 Å². The second-order valence-electron chi connectivity index (χ2n) is 5.63. The fourth-order valence-electron chi connectivity index (χ4n) is 2.51. The van der Waals surface area contributed by atoms with E-state index in [1.54, 1.807) is 4.68 Å². The van der Waals surface area contributed by atoms with Crippen LogP contribution in [0.2, 0.25) is 0 Å². The number of carboxylic acid groups (broad SMARTS) is 1. The molecule has 0 bridgehead atoms. The number of carbonyl (C=O) groups is 1. The predicted octanol–water partition coefficient (Wildman–Crippen LogP) is 2.49. The summed E-state index contributed by atoms with van der Waals surface area (Å²) in [5.41, 5.74) is 4.61. The Hall–Kier alpha value is -2.89. The largest absolute Gasteiger partial charge is 0.478 e. The molecule has 0 aliphatic rings. The zero-order valence-corrected chi connectivity index (χ0v) is 13.1. The zero-order valence-electron chi connectivity index (χ0n) is 13.1. The van der Waals surface area contributed by atoms with Crippen molar-refractivity contribution in [1.82, 2.24) is 19.6 Å². The fraction of sp³-hybridized carbons (Fsp3) is 0.235. The van der Waals surface area contributed by atoms with E-state index in [1.165, 1.54) is 18.0 Å². The van der Waals surface area contributed by atoms with Gasteiger partial charge in [0.05, 0.1) is 30.5 Å². The Balaban J connectivity index is 1.69. The normalized spacial score (nSPS) is 10.9. The molecule has 0 saturated heterocycles. The first-order valence-electron chi connectivity index (χ1n) is 7.36. The molecule has 2 aromatic heterocycles. The van der Waals surface area contributed by atoms with Crippen LogP contribution in [-0.2, 0) is 13.1 Å². The molecule has 0 atom stereocenters. The predicted molar refractivity (Wildman–Crippen MR) is 85.5 cm³/mol. The number of benzene rings is 1. The van der Waals surface area contributed by atoms with Crippen LogP contribution >= 0.6 is 0 Å². The number of aromatic carboxylic acids is 1. The number of hydrogen-bond acceptors (Lipinski definition) is 3. The molecule has 1 N–H and O–H groups in total. The van der Waals surface area contributed by atoms with E-state index in [0.29, 0.717) is 6.54 Å². The smallest absolute Gasteiger partial charge is 0.338 e. The molecule has 0 fully saturated rings. The van der Waals surface area contributed by atoms with Crippen LogP contribution in [0, 0.1) is 13.8 Å². The lowest BCUT2D eigenvalue weighted by atomic mass is 10.1. The van der Waals surface area contributed by atoms with Gasteiger partial charge < -0.3 is 5.11 Å². The summed E-state index contributed by atoms with van der Waals surface area (Å²) in [5, 5.41) is 17.4. The van der Waals surface area contributed by atoms with Gasteiger partial charge >= 0.3 is 5.97 Å². The lowest BCUT2D eigenvalue weighted by molar-refractivity contribution is 0.0697. The van der Waals surface area contributed by atoms with E-state index >= 15 is 0 Å². The molecule has 0 spiro atoms. The number of hydrogen-bond donors (Lipinski definition) is 1. The van der Waals surface area contributed by atoms with Gasteiger partial charge in [0, 0.05) is 11.9 Å². The highest BCUT2D eigenvalue weighted by Crippen LogP contribution is 2.10. The highest BCUT2D eigenvalue weighted by molar-refractivity contribution is 5.86. The first-order chi connectivity index (χ1) is 11.0. The van der Waals surface area contributed by atoms with Gasteiger partial charge in [0.1, 0.15) is 0 Å². The van der Waals surface area contributed by atoms with Crippen LogP contribution in [0.15, 0.2) is 42.7 Å². The summed E-state index contributed by atoms with van der Waals surface area (Å²) in [6.45, 7) is 5.33. The van der Waals surface area contributed by atoms with Gasteiger partial charge in [-0.15, -0.1) is 0 Å². The molecule has 0 amide bonds. The van der Waals surface area contributed by atoms with Crippen molar-refractivity contribution in [2.24, 2.45) is 0 Å². The third-order valence-electron chi connectivity index (χ3n) is 3.68. The van der Waals surface area contributed by atoms with Crippen molar-refractivity contribution in [2.75, 3.05) is 0 Å². The first kappa shape index (κ1) is 15.0. The number of carboxylic acids is 1. The Morgan fingerprint density at radius 2 is 1.78 bits per heavy atom. The van der Waals surface area contributed by atoms with E-state index in [9.17, 15) is 4.79 Å². The van der Waals surface area contributed by atoms with Gasteiger partial charge in [-0.2, -0.15) is 10.2 Å². The molecule has 0 aliphatic heterocycles. The average molecular weight is 310 g/mol. The standard InChI is InChI=1S/C17H18N4O2/c1-12-7-13(2)21(19-12)10-15-5-3-14(4-6-15)9-20-11-16(8-18-20)17(22)23/h3-8,11H,9-10H2,1-2H3,(H,22,23). The minimum absolute atomic E-state index is 0.200. The zero-order chi connectivity index (χ0) is 16.4. The quantitative estimate of drug-likeness (QED) is 0.786. The van der Waals surface area contributed by atoms with Gasteiger partial charge in [-0.25, -0.2) is 4.79 Å². The molecule has 3 rings (SSSR count). The van der Waals surface area contributed by atoms with Gasteiger partial charge in [-0.3, -0.25) is 9.36 Å². The Morgan fingerprint density at radius 1 is 1.13 bits per heavy atom. The second-order valence-corrected chi connectivity index (χ2v) is 5.63. The summed E-state index contributed by atoms with van der Waals surface area (Å²) in [6, 6.07) is 10.2. The number of aryl methyl sites for hydroxylation is 2. The SMILES string of the molecule is Cc1cc(C)n(Cc2ccc(Cn3cc(C(=O)O)cn3)cc2)n1. The number of nitrogens with zero attached hydrogens (tertiary/aromatic N) is 4.